The average Bonchev–Trinajstić information content (AvgIpc) is 2.48. The molecule has 0 aliphatic carbocycles. The Labute approximate surface area is 152 Å². The summed E-state index contributed by atoms with van der Waals surface area (Å²) in [4.78, 5) is 13.1. The number of hydrogen-bond donors (Lipinski definition) is 0. The summed E-state index contributed by atoms with van der Waals surface area (Å²) in [5.74, 6) is 0.741. The van der Waals surface area contributed by atoms with Gasteiger partial charge in [0.25, 0.3) is 0 Å². The summed E-state index contributed by atoms with van der Waals surface area (Å²) in [6, 6.07) is 0. The maximum atomic E-state index is 6.07. The molecule has 2 rings (SSSR count). The highest BCUT2D eigenvalue weighted by atomic mass is 16.5. The van der Waals surface area contributed by atoms with E-state index in [1.807, 2.05) is 12.4 Å². The Morgan fingerprint density at radius 2 is 1.60 bits per heavy atom. The Balaban J connectivity index is 2.14. The second-order valence-electron chi connectivity index (χ2n) is 8.53. The molecule has 0 spiro atoms. The molecule has 2 aromatic rings. The first-order chi connectivity index (χ1) is 11.5. The molecule has 136 valence electrons. The van der Waals surface area contributed by atoms with E-state index in [1.165, 1.54) is 11.1 Å². The Bertz CT molecular complexity index is 745. The van der Waals surface area contributed by atoms with Crippen LogP contribution in [-0.4, -0.2) is 21.6 Å². The third-order valence-corrected chi connectivity index (χ3v) is 4.72. The predicted octanol–water partition coefficient (Wildman–Crippen LogP) is 4.84. The molecular weight excluding hydrogens is 310 g/mol. The summed E-state index contributed by atoms with van der Waals surface area (Å²) in [6.45, 7) is 18.0. The highest BCUT2D eigenvalue weighted by molar-refractivity contribution is 5.42. The first-order valence-electron chi connectivity index (χ1n) is 8.90. The van der Waals surface area contributed by atoms with Crippen molar-refractivity contribution in [2.24, 2.45) is 0 Å². The van der Waals surface area contributed by atoms with Crippen molar-refractivity contribution in [1.29, 1.82) is 0 Å². The molecule has 0 unspecified atom stereocenters. The summed E-state index contributed by atoms with van der Waals surface area (Å²) < 4.78 is 6.07. The Hall–Kier alpha value is -1.97. The molecule has 0 saturated carbocycles. The van der Waals surface area contributed by atoms with Crippen molar-refractivity contribution in [1.82, 2.24) is 15.0 Å². The standard InChI is InChI=1S/C21H31N3O/c1-14-12-23-19(16(3)17(14)20(4,5)6)25-10-9-21(7,8)18-15(2)11-22-13-24-18/h11-13H,9-10H2,1-8H3. The van der Waals surface area contributed by atoms with Crippen molar-refractivity contribution in [2.75, 3.05) is 6.61 Å². The van der Waals surface area contributed by atoms with Crippen LogP contribution in [-0.2, 0) is 10.8 Å². The average molecular weight is 341 g/mol. The van der Waals surface area contributed by atoms with Gasteiger partial charge in [-0.3, -0.25) is 0 Å². The lowest BCUT2D eigenvalue weighted by atomic mass is 9.82. The minimum Gasteiger partial charge on any atom is -0.477 e. The Morgan fingerprint density at radius 3 is 2.20 bits per heavy atom. The van der Waals surface area contributed by atoms with Crippen molar-refractivity contribution >= 4 is 0 Å². The number of nitrogens with zero attached hydrogens (tertiary/aromatic N) is 3. The van der Waals surface area contributed by atoms with Gasteiger partial charge in [-0.15, -0.1) is 0 Å². The van der Waals surface area contributed by atoms with Crippen LogP contribution in [0.25, 0.3) is 0 Å². The molecule has 0 aliphatic heterocycles. The van der Waals surface area contributed by atoms with Gasteiger partial charge in [-0.05, 0) is 49.3 Å². The largest absolute Gasteiger partial charge is 0.477 e. The zero-order valence-corrected chi connectivity index (χ0v) is 16.9. The van der Waals surface area contributed by atoms with Gasteiger partial charge in [-0.25, -0.2) is 15.0 Å². The van der Waals surface area contributed by atoms with Crippen molar-refractivity contribution in [2.45, 2.75) is 72.6 Å². The second kappa shape index (κ2) is 7.11. The van der Waals surface area contributed by atoms with E-state index in [0.717, 1.165) is 29.1 Å². The van der Waals surface area contributed by atoms with Gasteiger partial charge in [0.1, 0.15) is 6.33 Å². The predicted molar refractivity (Wildman–Crippen MR) is 102 cm³/mol. The third-order valence-electron chi connectivity index (χ3n) is 4.72. The SMILES string of the molecule is Cc1cncnc1C(C)(C)CCOc1ncc(C)c(C(C)(C)C)c1C. The first kappa shape index (κ1) is 19.4. The van der Waals surface area contributed by atoms with Gasteiger partial charge < -0.3 is 4.74 Å². The number of aryl methyl sites for hydroxylation is 2. The number of ether oxygens (including phenoxy) is 1. The van der Waals surface area contributed by atoms with Crippen LogP contribution < -0.4 is 4.74 Å². The van der Waals surface area contributed by atoms with Crippen LogP contribution in [0.15, 0.2) is 18.7 Å². The van der Waals surface area contributed by atoms with E-state index in [2.05, 4.69) is 70.3 Å². The van der Waals surface area contributed by atoms with Gasteiger partial charge in [-0.2, -0.15) is 0 Å². The molecule has 0 amide bonds. The molecule has 0 saturated heterocycles. The summed E-state index contributed by atoms with van der Waals surface area (Å²) >= 11 is 0. The summed E-state index contributed by atoms with van der Waals surface area (Å²) in [5.41, 5.74) is 5.88. The summed E-state index contributed by atoms with van der Waals surface area (Å²) in [6.07, 6.45) is 6.27. The molecule has 0 bridgehead atoms. The van der Waals surface area contributed by atoms with Gasteiger partial charge >= 0.3 is 0 Å². The topological polar surface area (TPSA) is 47.9 Å². The fourth-order valence-electron chi connectivity index (χ4n) is 3.65. The first-order valence-corrected chi connectivity index (χ1v) is 8.90. The van der Waals surface area contributed by atoms with Gasteiger partial charge in [0.2, 0.25) is 5.88 Å². The van der Waals surface area contributed by atoms with E-state index in [0.29, 0.717) is 6.61 Å². The molecule has 4 nitrogen and oxygen atoms in total. The number of rotatable bonds is 5. The monoisotopic (exact) mass is 341 g/mol. The molecule has 25 heavy (non-hydrogen) atoms. The number of pyridine rings is 1. The van der Waals surface area contributed by atoms with Crippen LogP contribution in [0.4, 0.5) is 0 Å². The molecule has 4 heteroatoms. The van der Waals surface area contributed by atoms with Gasteiger partial charge in [0, 0.05) is 23.4 Å². The lowest BCUT2D eigenvalue weighted by Gasteiger charge is -2.27. The van der Waals surface area contributed by atoms with Crippen LogP contribution in [0.1, 0.15) is 69.0 Å². The normalized spacial score (nSPS) is 12.3. The third kappa shape index (κ3) is 4.36. The highest BCUT2D eigenvalue weighted by Crippen LogP contribution is 2.33. The molecule has 2 aromatic heterocycles. The van der Waals surface area contributed by atoms with E-state index in [1.54, 1.807) is 6.33 Å². The number of hydrogen-bond acceptors (Lipinski definition) is 4. The molecular formula is C21H31N3O. The van der Waals surface area contributed by atoms with Gasteiger partial charge in [0.15, 0.2) is 0 Å². The lowest BCUT2D eigenvalue weighted by Crippen LogP contribution is -2.24. The Kier molecular flexibility index (Phi) is 5.50. The van der Waals surface area contributed by atoms with Crippen LogP contribution in [0, 0.1) is 20.8 Å². The highest BCUT2D eigenvalue weighted by Gasteiger charge is 2.25. The van der Waals surface area contributed by atoms with Crippen LogP contribution >= 0.6 is 0 Å². The van der Waals surface area contributed by atoms with Crippen molar-refractivity contribution in [3.8, 4) is 5.88 Å². The number of aromatic nitrogens is 3. The quantitative estimate of drug-likeness (QED) is 0.780. The minimum absolute atomic E-state index is 0.0710. The van der Waals surface area contributed by atoms with Crippen LogP contribution in [0.2, 0.25) is 0 Å². The van der Waals surface area contributed by atoms with Gasteiger partial charge in [-0.1, -0.05) is 34.6 Å². The van der Waals surface area contributed by atoms with E-state index < -0.39 is 0 Å². The van der Waals surface area contributed by atoms with Crippen LogP contribution in [0.3, 0.4) is 0 Å². The maximum absolute atomic E-state index is 6.07. The molecule has 2 heterocycles. The zero-order valence-electron chi connectivity index (χ0n) is 16.9. The molecule has 0 atom stereocenters. The van der Waals surface area contributed by atoms with Gasteiger partial charge in [0.05, 0.1) is 12.3 Å². The zero-order chi connectivity index (χ0) is 18.8. The van der Waals surface area contributed by atoms with Crippen molar-refractivity contribution in [3.05, 3.63) is 46.7 Å². The maximum Gasteiger partial charge on any atom is 0.216 e. The van der Waals surface area contributed by atoms with E-state index >= 15 is 0 Å². The summed E-state index contributed by atoms with van der Waals surface area (Å²) in [5, 5.41) is 0. The molecule has 0 aliphatic rings. The molecule has 0 fully saturated rings. The summed E-state index contributed by atoms with van der Waals surface area (Å²) in [7, 11) is 0. The second-order valence-corrected chi connectivity index (χ2v) is 8.53. The van der Waals surface area contributed by atoms with E-state index in [9.17, 15) is 0 Å². The van der Waals surface area contributed by atoms with Crippen LogP contribution in [0.5, 0.6) is 5.88 Å². The van der Waals surface area contributed by atoms with E-state index in [-0.39, 0.29) is 10.8 Å². The lowest BCUT2D eigenvalue weighted by molar-refractivity contribution is 0.259. The molecule has 0 aromatic carbocycles. The Morgan fingerprint density at radius 1 is 0.920 bits per heavy atom. The molecule has 0 radical (unpaired) electrons. The van der Waals surface area contributed by atoms with E-state index in [4.69, 9.17) is 4.74 Å². The van der Waals surface area contributed by atoms with Crippen molar-refractivity contribution in [3.63, 3.8) is 0 Å². The van der Waals surface area contributed by atoms with Crippen molar-refractivity contribution < 1.29 is 4.74 Å². The molecule has 0 N–H and O–H groups in total. The fraction of sp³-hybridized carbons (Fsp3) is 0.571. The minimum atomic E-state index is -0.0710. The fourth-order valence-corrected chi connectivity index (χ4v) is 3.65. The smallest absolute Gasteiger partial charge is 0.216 e.